The van der Waals surface area contributed by atoms with Crippen LogP contribution in [0.4, 0.5) is 4.79 Å². The lowest BCUT2D eigenvalue weighted by atomic mass is 9.85. The van der Waals surface area contributed by atoms with Crippen molar-refractivity contribution >= 4 is 29.7 Å². The van der Waals surface area contributed by atoms with Crippen molar-refractivity contribution in [2.75, 3.05) is 13.1 Å². The van der Waals surface area contributed by atoms with Crippen molar-refractivity contribution in [3.05, 3.63) is 35.4 Å². The molecular formula is C27H39N5O8. The number of hydrogen-bond acceptors (Lipinski definition) is 8. The fourth-order valence-electron chi connectivity index (χ4n) is 5.56. The number of primary amides is 2. The highest BCUT2D eigenvalue weighted by Crippen LogP contribution is 2.36. The first-order chi connectivity index (χ1) is 18.8. The van der Waals surface area contributed by atoms with Crippen LogP contribution in [0, 0.1) is 6.92 Å². The number of carbonyl (C=O) groups is 5. The van der Waals surface area contributed by atoms with E-state index in [2.05, 4.69) is 5.32 Å². The van der Waals surface area contributed by atoms with E-state index in [-0.39, 0.29) is 25.9 Å². The third-order valence-electron chi connectivity index (χ3n) is 7.62. The molecule has 3 rings (SSSR count). The molecule has 0 saturated carbocycles. The van der Waals surface area contributed by atoms with Gasteiger partial charge < -0.3 is 41.5 Å². The average Bonchev–Trinajstić information content (AvgIpc) is 3.54. The lowest BCUT2D eigenvalue weighted by Gasteiger charge is -2.41. The summed E-state index contributed by atoms with van der Waals surface area (Å²) in [6.45, 7) is 4.91. The van der Waals surface area contributed by atoms with E-state index in [4.69, 9.17) is 16.2 Å². The fraction of sp³-hybridized carbons (Fsp3) is 0.593. The molecule has 220 valence electrons. The van der Waals surface area contributed by atoms with Gasteiger partial charge in [-0.2, -0.15) is 0 Å². The van der Waals surface area contributed by atoms with Gasteiger partial charge in [0.25, 0.3) is 5.91 Å². The fourth-order valence-corrected chi connectivity index (χ4v) is 5.56. The predicted octanol–water partition coefficient (Wildman–Crippen LogP) is -0.915. The van der Waals surface area contributed by atoms with E-state index in [1.165, 1.54) is 23.6 Å². The van der Waals surface area contributed by atoms with Crippen LogP contribution in [0.1, 0.15) is 50.7 Å². The first-order valence-corrected chi connectivity index (χ1v) is 13.4. The van der Waals surface area contributed by atoms with E-state index in [0.29, 0.717) is 19.3 Å². The summed E-state index contributed by atoms with van der Waals surface area (Å²) in [5.41, 5.74) is 10.9. The minimum absolute atomic E-state index is 0.123. The molecule has 0 bridgehead atoms. The predicted molar refractivity (Wildman–Crippen MR) is 142 cm³/mol. The molecule has 0 spiro atoms. The molecule has 0 aliphatic carbocycles. The highest BCUT2D eigenvalue weighted by molar-refractivity contribution is 5.98. The van der Waals surface area contributed by atoms with Gasteiger partial charge in [0.05, 0.1) is 12.2 Å². The molecule has 2 fully saturated rings. The quantitative estimate of drug-likeness (QED) is 0.241. The third-order valence-corrected chi connectivity index (χ3v) is 7.62. The lowest BCUT2D eigenvalue weighted by molar-refractivity contribution is -0.156. The molecular weight excluding hydrogens is 522 g/mol. The van der Waals surface area contributed by atoms with Crippen LogP contribution in [0.15, 0.2) is 24.3 Å². The number of amides is 5. The van der Waals surface area contributed by atoms with Crippen LogP contribution in [0.2, 0.25) is 0 Å². The molecule has 13 heteroatoms. The topological polar surface area (TPSA) is 206 Å². The summed E-state index contributed by atoms with van der Waals surface area (Å²) in [6.07, 6.45) is -3.84. The third kappa shape index (κ3) is 6.53. The summed E-state index contributed by atoms with van der Waals surface area (Å²) >= 11 is 0. The van der Waals surface area contributed by atoms with Gasteiger partial charge in [-0.15, -0.1) is 0 Å². The molecule has 1 aromatic carbocycles. The molecule has 5 amide bonds. The normalized spacial score (nSPS) is 23.7. The van der Waals surface area contributed by atoms with Crippen LogP contribution in [-0.4, -0.2) is 98.8 Å². The number of rotatable bonds is 10. The Balaban J connectivity index is 1.98. The van der Waals surface area contributed by atoms with Crippen molar-refractivity contribution in [2.24, 2.45) is 11.5 Å². The number of hydrogen-bond donors (Lipinski definition) is 5. The van der Waals surface area contributed by atoms with E-state index in [9.17, 15) is 34.2 Å². The van der Waals surface area contributed by atoms with E-state index < -0.39 is 65.7 Å². The van der Waals surface area contributed by atoms with Crippen molar-refractivity contribution in [2.45, 2.75) is 88.8 Å². The summed E-state index contributed by atoms with van der Waals surface area (Å²) in [6, 6.07) is 5.13. The standard InChI is InChI=1S/C27H39N5O8/c1-15-7-9-18(10-8-15)14-27(25(38)30-20(16(2)33)22(28)35)11-5-13-32(27)23(36)19-6-4-12-31(19)24(37)21(17(3)34)40-26(29)39/h7-10,16-17,19-21,33-34H,4-6,11-14H2,1-3H3,(H2,28,35)(H2,29,39)(H,30,38)/t16-,17-,19?,20+,21+,27?/m1/s1. The van der Waals surface area contributed by atoms with Gasteiger partial charge in [0.1, 0.15) is 17.6 Å². The Morgan fingerprint density at radius 1 is 1.05 bits per heavy atom. The number of aliphatic hydroxyl groups is 2. The SMILES string of the molecule is Cc1ccc(CC2(C(=O)N[C@H](C(N)=O)[C@@H](C)O)CCCN2C(=O)C2CCCN2C(=O)[C@@H](OC(N)=O)[C@@H](C)O)cc1. The number of benzene rings is 1. The minimum atomic E-state index is -1.59. The Labute approximate surface area is 232 Å². The Kier molecular flexibility index (Phi) is 9.74. The molecule has 7 N–H and O–H groups in total. The second-order valence-corrected chi connectivity index (χ2v) is 10.7. The molecule has 1 aromatic rings. The molecule has 0 aromatic heterocycles. The van der Waals surface area contributed by atoms with E-state index in [1.807, 2.05) is 31.2 Å². The molecule has 40 heavy (non-hydrogen) atoms. The molecule has 2 aliphatic rings. The number of nitrogens with one attached hydrogen (secondary N) is 1. The minimum Gasteiger partial charge on any atom is -0.433 e. The largest absolute Gasteiger partial charge is 0.433 e. The number of nitrogens with two attached hydrogens (primary N) is 2. The van der Waals surface area contributed by atoms with Crippen LogP contribution in [-0.2, 0) is 30.3 Å². The highest BCUT2D eigenvalue weighted by Gasteiger charge is 2.53. The van der Waals surface area contributed by atoms with Gasteiger partial charge in [0.15, 0.2) is 0 Å². The van der Waals surface area contributed by atoms with Crippen LogP contribution >= 0.6 is 0 Å². The molecule has 2 saturated heterocycles. The Hall–Kier alpha value is -3.71. The first kappa shape index (κ1) is 30.8. The lowest BCUT2D eigenvalue weighted by Crippen LogP contribution is -2.65. The van der Waals surface area contributed by atoms with Gasteiger partial charge in [-0.1, -0.05) is 29.8 Å². The number of nitrogens with zero attached hydrogens (tertiary/aromatic N) is 2. The zero-order chi connectivity index (χ0) is 29.8. The Bertz CT molecular complexity index is 1120. The number of aliphatic hydroxyl groups excluding tert-OH is 2. The van der Waals surface area contributed by atoms with Crippen molar-refractivity contribution in [3.63, 3.8) is 0 Å². The Morgan fingerprint density at radius 3 is 2.25 bits per heavy atom. The van der Waals surface area contributed by atoms with E-state index in [0.717, 1.165) is 11.1 Å². The van der Waals surface area contributed by atoms with Crippen molar-refractivity contribution in [1.82, 2.24) is 15.1 Å². The molecule has 6 atom stereocenters. The van der Waals surface area contributed by atoms with Gasteiger partial charge in [0.2, 0.25) is 23.8 Å². The van der Waals surface area contributed by atoms with Crippen LogP contribution in [0.3, 0.4) is 0 Å². The number of ether oxygens (including phenoxy) is 1. The second-order valence-electron chi connectivity index (χ2n) is 10.7. The summed E-state index contributed by atoms with van der Waals surface area (Å²) in [4.78, 5) is 67.3. The van der Waals surface area contributed by atoms with Crippen LogP contribution < -0.4 is 16.8 Å². The Morgan fingerprint density at radius 2 is 1.70 bits per heavy atom. The monoisotopic (exact) mass is 561 g/mol. The van der Waals surface area contributed by atoms with Gasteiger partial charge in [-0.25, -0.2) is 4.79 Å². The summed E-state index contributed by atoms with van der Waals surface area (Å²) < 4.78 is 4.84. The summed E-state index contributed by atoms with van der Waals surface area (Å²) in [5.74, 6) is -2.81. The second kappa shape index (κ2) is 12.6. The maximum absolute atomic E-state index is 14.1. The van der Waals surface area contributed by atoms with Gasteiger partial charge in [-0.05, 0) is 52.0 Å². The van der Waals surface area contributed by atoms with Gasteiger partial charge >= 0.3 is 6.09 Å². The summed E-state index contributed by atoms with van der Waals surface area (Å²) in [5, 5.41) is 22.7. The first-order valence-electron chi connectivity index (χ1n) is 13.4. The smallest absolute Gasteiger partial charge is 0.405 e. The number of likely N-dealkylation sites (tertiary alicyclic amines) is 2. The maximum atomic E-state index is 14.1. The number of aryl methyl sites for hydroxylation is 1. The van der Waals surface area contributed by atoms with Crippen molar-refractivity contribution in [1.29, 1.82) is 0 Å². The molecule has 2 heterocycles. The zero-order valence-corrected chi connectivity index (χ0v) is 23.0. The zero-order valence-electron chi connectivity index (χ0n) is 23.0. The van der Waals surface area contributed by atoms with Crippen LogP contribution in [0.25, 0.3) is 0 Å². The van der Waals surface area contributed by atoms with E-state index in [1.54, 1.807) is 0 Å². The van der Waals surface area contributed by atoms with Gasteiger partial charge in [0, 0.05) is 19.5 Å². The highest BCUT2D eigenvalue weighted by atomic mass is 16.6. The van der Waals surface area contributed by atoms with E-state index >= 15 is 0 Å². The van der Waals surface area contributed by atoms with Crippen molar-refractivity contribution in [3.8, 4) is 0 Å². The van der Waals surface area contributed by atoms with Gasteiger partial charge in [-0.3, -0.25) is 19.2 Å². The van der Waals surface area contributed by atoms with Crippen molar-refractivity contribution < 1.29 is 38.9 Å². The maximum Gasteiger partial charge on any atom is 0.405 e. The molecule has 2 aliphatic heterocycles. The number of carbonyl (C=O) groups excluding carboxylic acids is 5. The van der Waals surface area contributed by atoms with Crippen LogP contribution in [0.5, 0.6) is 0 Å². The average molecular weight is 562 g/mol. The molecule has 0 radical (unpaired) electrons. The molecule has 2 unspecified atom stereocenters. The molecule has 13 nitrogen and oxygen atoms in total. The summed E-state index contributed by atoms with van der Waals surface area (Å²) in [7, 11) is 0.